The summed E-state index contributed by atoms with van der Waals surface area (Å²) < 4.78 is 17.4. The van der Waals surface area contributed by atoms with E-state index in [0.717, 1.165) is 11.3 Å². The number of aromatic nitrogens is 2. The molecule has 8 heteroatoms. The van der Waals surface area contributed by atoms with Crippen LogP contribution in [0.4, 0.5) is 5.82 Å². The fraction of sp³-hybridized carbons (Fsp3) is 0.409. The van der Waals surface area contributed by atoms with Gasteiger partial charge in [-0.05, 0) is 29.5 Å². The maximum absolute atomic E-state index is 13.2. The molecule has 0 saturated heterocycles. The number of rotatable bonds is 4. The Morgan fingerprint density at radius 1 is 1.17 bits per heavy atom. The Hall–Kier alpha value is -3.29. The van der Waals surface area contributed by atoms with Gasteiger partial charge in [-0.25, -0.2) is 9.48 Å². The first-order valence-electron chi connectivity index (χ1n) is 9.70. The molecule has 1 atom stereocenters. The number of carbonyl (C=O) groups excluding carboxylic acids is 2. The van der Waals surface area contributed by atoms with E-state index in [1.54, 1.807) is 25.0 Å². The summed E-state index contributed by atoms with van der Waals surface area (Å²) in [4.78, 5) is 25.5. The highest BCUT2D eigenvalue weighted by Crippen LogP contribution is 2.47. The fourth-order valence-electron chi connectivity index (χ4n) is 4.30. The second kappa shape index (κ2) is 7.19. The summed E-state index contributed by atoms with van der Waals surface area (Å²) in [5, 5.41) is 7.74. The van der Waals surface area contributed by atoms with Gasteiger partial charge in [0.2, 0.25) is 0 Å². The monoisotopic (exact) mass is 411 g/mol. The molecule has 0 saturated carbocycles. The number of esters is 1. The number of ketones is 1. The topological polar surface area (TPSA) is 91.7 Å². The van der Waals surface area contributed by atoms with Crippen LogP contribution in [0.25, 0.3) is 0 Å². The number of methoxy groups -OCH3 is 3. The molecule has 1 unspecified atom stereocenters. The molecule has 4 rings (SSSR count). The first-order chi connectivity index (χ1) is 14.3. The lowest BCUT2D eigenvalue weighted by Crippen LogP contribution is -2.36. The van der Waals surface area contributed by atoms with Gasteiger partial charge in [0.1, 0.15) is 17.4 Å². The molecular formula is C22H25N3O5. The van der Waals surface area contributed by atoms with Gasteiger partial charge in [0.25, 0.3) is 0 Å². The van der Waals surface area contributed by atoms with Crippen molar-refractivity contribution in [3.63, 3.8) is 0 Å². The van der Waals surface area contributed by atoms with Gasteiger partial charge in [-0.3, -0.25) is 4.79 Å². The van der Waals surface area contributed by atoms with Gasteiger partial charge >= 0.3 is 5.97 Å². The van der Waals surface area contributed by atoms with E-state index in [1.165, 1.54) is 13.3 Å². The zero-order chi connectivity index (χ0) is 21.6. The Balaban J connectivity index is 1.93. The molecule has 0 bridgehead atoms. The quantitative estimate of drug-likeness (QED) is 0.772. The van der Waals surface area contributed by atoms with Crippen LogP contribution in [0, 0.1) is 5.41 Å². The van der Waals surface area contributed by atoms with Crippen LogP contribution >= 0.6 is 0 Å². The predicted octanol–water partition coefficient (Wildman–Crippen LogP) is 3.35. The lowest BCUT2D eigenvalue weighted by Gasteiger charge is -2.39. The lowest BCUT2D eigenvalue weighted by molar-refractivity contribution is -0.118. The van der Waals surface area contributed by atoms with E-state index >= 15 is 0 Å². The molecule has 2 aliphatic rings. The number of hydrogen-bond acceptors (Lipinski definition) is 7. The van der Waals surface area contributed by atoms with E-state index < -0.39 is 12.0 Å². The summed E-state index contributed by atoms with van der Waals surface area (Å²) in [6, 6.07) is 5.05. The average molecular weight is 411 g/mol. The van der Waals surface area contributed by atoms with Gasteiger partial charge in [-0.2, -0.15) is 5.10 Å². The second-order valence-corrected chi connectivity index (χ2v) is 8.32. The van der Waals surface area contributed by atoms with Crippen molar-refractivity contribution in [2.75, 3.05) is 26.6 Å². The molecule has 0 amide bonds. The van der Waals surface area contributed by atoms with Crippen LogP contribution < -0.4 is 14.8 Å². The highest BCUT2D eigenvalue weighted by atomic mass is 16.5. The highest BCUT2D eigenvalue weighted by Gasteiger charge is 2.42. The third kappa shape index (κ3) is 3.12. The summed E-state index contributed by atoms with van der Waals surface area (Å²) in [5.41, 5.74) is 2.43. The summed E-state index contributed by atoms with van der Waals surface area (Å²) in [6.07, 6.45) is 2.59. The summed E-state index contributed by atoms with van der Waals surface area (Å²) in [5.74, 6) is 1.25. The molecule has 2 aromatic rings. The summed E-state index contributed by atoms with van der Waals surface area (Å²) >= 11 is 0. The van der Waals surface area contributed by atoms with Gasteiger partial charge in [-0.15, -0.1) is 0 Å². The Bertz CT molecular complexity index is 1070. The minimum Gasteiger partial charge on any atom is -0.493 e. The standard InChI is InChI=1S/C22H25N3O5/c1-22(2)9-14-18(15(26)10-22)19(12-6-7-16(28-3)17(8-12)29-4)25-20(24-14)13(11-23-25)21(27)30-5/h6-8,11,19,24H,9-10H2,1-5H3. The highest BCUT2D eigenvalue weighted by molar-refractivity contribution is 6.01. The van der Waals surface area contributed by atoms with Crippen LogP contribution in [0.5, 0.6) is 11.5 Å². The van der Waals surface area contributed by atoms with Gasteiger partial charge in [0.05, 0.1) is 27.5 Å². The first kappa shape index (κ1) is 20.0. The first-order valence-corrected chi connectivity index (χ1v) is 9.70. The van der Waals surface area contributed by atoms with E-state index in [4.69, 9.17) is 14.2 Å². The SMILES string of the molecule is COC(=O)c1cnn2c1NC1=C(C(=O)CC(C)(C)C1)C2c1ccc(OC)c(OC)c1. The zero-order valence-electron chi connectivity index (χ0n) is 17.7. The van der Waals surface area contributed by atoms with Crippen molar-refractivity contribution in [3.05, 3.63) is 46.8 Å². The predicted molar refractivity (Wildman–Crippen MR) is 110 cm³/mol. The third-order valence-corrected chi connectivity index (χ3v) is 5.63. The Labute approximate surface area is 174 Å². The lowest BCUT2D eigenvalue weighted by atomic mass is 9.73. The molecule has 1 aromatic carbocycles. The van der Waals surface area contributed by atoms with E-state index in [9.17, 15) is 9.59 Å². The van der Waals surface area contributed by atoms with Crippen molar-refractivity contribution >= 4 is 17.6 Å². The molecule has 1 N–H and O–H groups in total. The van der Waals surface area contributed by atoms with Gasteiger partial charge in [0.15, 0.2) is 17.3 Å². The van der Waals surface area contributed by atoms with Crippen molar-refractivity contribution < 1.29 is 23.8 Å². The number of carbonyl (C=O) groups is 2. The number of nitrogens with one attached hydrogen (secondary N) is 1. The van der Waals surface area contributed by atoms with E-state index in [0.29, 0.717) is 41.3 Å². The van der Waals surface area contributed by atoms with Crippen LogP contribution in [-0.4, -0.2) is 42.9 Å². The molecule has 1 aliphatic carbocycles. The number of allylic oxidation sites excluding steroid dienone is 2. The maximum atomic E-state index is 13.2. The molecular weight excluding hydrogens is 386 g/mol. The van der Waals surface area contributed by atoms with Crippen LogP contribution in [0.15, 0.2) is 35.7 Å². The van der Waals surface area contributed by atoms with Gasteiger partial charge < -0.3 is 19.5 Å². The van der Waals surface area contributed by atoms with Crippen LogP contribution in [0.1, 0.15) is 48.7 Å². The molecule has 2 heterocycles. The molecule has 0 fully saturated rings. The summed E-state index contributed by atoms with van der Waals surface area (Å²) in [6.45, 7) is 4.13. The minimum atomic E-state index is -0.488. The van der Waals surface area contributed by atoms with Crippen molar-refractivity contribution in [3.8, 4) is 11.5 Å². The number of hydrogen-bond donors (Lipinski definition) is 1. The van der Waals surface area contributed by atoms with Crippen molar-refractivity contribution in [1.82, 2.24) is 9.78 Å². The van der Waals surface area contributed by atoms with E-state index in [-0.39, 0.29) is 11.2 Å². The van der Waals surface area contributed by atoms with E-state index in [1.807, 2.05) is 12.1 Å². The third-order valence-electron chi connectivity index (χ3n) is 5.63. The molecule has 1 aliphatic heterocycles. The number of nitrogens with zero attached hydrogens (tertiary/aromatic N) is 2. The van der Waals surface area contributed by atoms with Gasteiger partial charge in [-0.1, -0.05) is 19.9 Å². The van der Waals surface area contributed by atoms with Crippen molar-refractivity contribution in [2.24, 2.45) is 5.41 Å². The second-order valence-electron chi connectivity index (χ2n) is 8.32. The van der Waals surface area contributed by atoms with Crippen LogP contribution in [0.3, 0.4) is 0 Å². The molecule has 8 nitrogen and oxygen atoms in total. The summed E-state index contributed by atoms with van der Waals surface area (Å²) in [7, 11) is 4.47. The molecule has 158 valence electrons. The molecule has 1 aromatic heterocycles. The van der Waals surface area contributed by atoms with Crippen molar-refractivity contribution in [2.45, 2.75) is 32.7 Å². The number of anilines is 1. The maximum Gasteiger partial charge on any atom is 0.343 e. The number of fused-ring (bicyclic) bond motifs is 1. The Morgan fingerprint density at radius 3 is 2.57 bits per heavy atom. The minimum absolute atomic E-state index is 0.0642. The molecule has 0 spiro atoms. The average Bonchev–Trinajstić information content (AvgIpc) is 3.13. The molecule has 30 heavy (non-hydrogen) atoms. The van der Waals surface area contributed by atoms with E-state index in [2.05, 4.69) is 24.3 Å². The number of Topliss-reactive ketones (excluding diaryl/α,β-unsaturated/α-hetero) is 1. The number of benzene rings is 1. The molecule has 0 radical (unpaired) electrons. The number of ether oxygens (including phenoxy) is 3. The Morgan fingerprint density at radius 2 is 1.90 bits per heavy atom. The van der Waals surface area contributed by atoms with Gasteiger partial charge in [0, 0.05) is 17.7 Å². The Kier molecular flexibility index (Phi) is 4.80. The normalized spacial score (nSPS) is 19.5. The van der Waals surface area contributed by atoms with Crippen LogP contribution in [-0.2, 0) is 9.53 Å². The zero-order valence-corrected chi connectivity index (χ0v) is 17.7. The fourth-order valence-corrected chi connectivity index (χ4v) is 4.30. The van der Waals surface area contributed by atoms with Crippen molar-refractivity contribution in [1.29, 1.82) is 0 Å². The smallest absolute Gasteiger partial charge is 0.343 e. The largest absolute Gasteiger partial charge is 0.493 e. The van der Waals surface area contributed by atoms with Crippen LogP contribution in [0.2, 0.25) is 0 Å².